The van der Waals surface area contributed by atoms with Crippen LogP contribution < -0.4 is 0 Å². The van der Waals surface area contributed by atoms with Gasteiger partial charge in [0.15, 0.2) is 0 Å². The first-order valence-corrected chi connectivity index (χ1v) is 7.67. The van der Waals surface area contributed by atoms with Crippen molar-refractivity contribution in [2.24, 2.45) is 5.92 Å². The highest BCUT2D eigenvalue weighted by molar-refractivity contribution is 5.91. The molecule has 7 heteroatoms. The highest BCUT2D eigenvalue weighted by Gasteiger charge is 2.50. The average molecular weight is 301 g/mol. The second kappa shape index (κ2) is 4.74. The third-order valence-corrected chi connectivity index (χ3v) is 4.69. The fraction of sp³-hybridized carbons (Fsp3) is 0.600. The zero-order valence-corrected chi connectivity index (χ0v) is 12.8. The minimum atomic E-state index is -0.240. The zero-order valence-electron chi connectivity index (χ0n) is 12.8. The molecule has 1 saturated carbocycles. The zero-order chi connectivity index (χ0) is 15.3. The first-order valence-electron chi connectivity index (χ1n) is 7.67. The molecule has 7 nitrogen and oxygen atoms in total. The van der Waals surface area contributed by atoms with Gasteiger partial charge in [0, 0.05) is 18.9 Å². The summed E-state index contributed by atoms with van der Waals surface area (Å²) in [4.78, 5) is 23.3. The monoisotopic (exact) mass is 301 g/mol. The van der Waals surface area contributed by atoms with Gasteiger partial charge in [-0.1, -0.05) is 0 Å². The minimum Gasteiger partial charge on any atom is -0.377 e. The van der Waals surface area contributed by atoms with Crippen LogP contribution in [0, 0.1) is 12.8 Å². The van der Waals surface area contributed by atoms with E-state index >= 15 is 0 Å². The van der Waals surface area contributed by atoms with Crippen molar-refractivity contribution in [1.29, 1.82) is 0 Å². The summed E-state index contributed by atoms with van der Waals surface area (Å²) in [5.41, 5.74) is 0.737. The molecule has 2 fully saturated rings. The Morgan fingerprint density at radius 1 is 1.45 bits per heavy atom. The Kier molecular flexibility index (Phi) is 2.94. The van der Waals surface area contributed by atoms with E-state index in [0.29, 0.717) is 31.5 Å². The lowest BCUT2D eigenvalue weighted by Gasteiger charge is -2.44. The first-order chi connectivity index (χ1) is 10.6. The van der Waals surface area contributed by atoms with Crippen LogP contribution in [0.5, 0.6) is 0 Å². The van der Waals surface area contributed by atoms with E-state index < -0.39 is 0 Å². The molecule has 1 aliphatic carbocycles. The Labute approximate surface area is 128 Å². The molecule has 0 aromatic carbocycles. The van der Waals surface area contributed by atoms with Crippen molar-refractivity contribution in [2.75, 3.05) is 19.8 Å². The van der Waals surface area contributed by atoms with Crippen LogP contribution in [-0.2, 0) is 4.74 Å². The number of carbonyl (C=O) groups excluding carboxylic acids is 1. The SMILES string of the molecule is Cc1cnc2nc(C(=O)N3CCOCC3(C)C3CC3)nn2c1. The van der Waals surface area contributed by atoms with Gasteiger partial charge in [0.2, 0.25) is 5.82 Å². The van der Waals surface area contributed by atoms with Crippen molar-refractivity contribution in [2.45, 2.75) is 32.2 Å². The molecule has 22 heavy (non-hydrogen) atoms. The summed E-state index contributed by atoms with van der Waals surface area (Å²) in [6.07, 6.45) is 5.86. The van der Waals surface area contributed by atoms with Crippen molar-refractivity contribution in [3.63, 3.8) is 0 Å². The van der Waals surface area contributed by atoms with Gasteiger partial charge in [0.1, 0.15) is 0 Å². The molecule has 1 atom stereocenters. The molecule has 3 heterocycles. The van der Waals surface area contributed by atoms with Crippen LogP contribution in [0.1, 0.15) is 35.9 Å². The van der Waals surface area contributed by atoms with Gasteiger partial charge in [0.25, 0.3) is 11.7 Å². The van der Waals surface area contributed by atoms with Crippen molar-refractivity contribution in [3.05, 3.63) is 23.8 Å². The molecule has 0 radical (unpaired) electrons. The predicted octanol–water partition coefficient (Wildman–Crippen LogP) is 1.07. The number of aromatic nitrogens is 4. The second-order valence-corrected chi connectivity index (χ2v) is 6.45. The number of amides is 1. The van der Waals surface area contributed by atoms with E-state index in [4.69, 9.17) is 4.74 Å². The third-order valence-electron chi connectivity index (χ3n) is 4.69. The normalized spacial score (nSPS) is 25.6. The van der Waals surface area contributed by atoms with E-state index in [0.717, 1.165) is 18.4 Å². The molecule has 1 aliphatic heterocycles. The molecule has 2 aliphatic rings. The number of nitrogens with zero attached hydrogens (tertiary/aromatic N) is 5. The van der Waals surface area contributed by atoms with E-state index in [-0.39, 0.29) is 17.3 Å². The van der Waals surface area contributed by atoms with Crippen molar-refractivity contribution in [1.82, 2.24) is 24.5 Å². The molecule has 1 amide bonds. The van der Waals surface area contributed by atoms with E-state index in [2.05, 4.69) is 22.0 Å². The maximum absolute atomic E-state index is 12.9. The Morgan fingerprint density at radius 3 is 3.05 bits per heavy atom. The van der Waals surface area contributed by atoms with Crippen molar-refractivity contribution < 1.29 is 9.53 Å². The van der Waals surface area contributed by atoms with Gasteiger partial charge in [0.05, 0.1) is 18.8 Å². The van der Waals surface area contributed by atoms with E-state index in [1.807, 2.05) is 18.0 Å². The van der Waals surface area contributed by atoms with Gasteiger partial charge in [-0.15, -0.1) is 5.10 Å². The van der Waals surface area contributed by atoms with E-state index in [9.17, 15) is 4.79 Å². The molecule has 0 bridgehead atoms. The number of aryl methyl sites for hydroxylation is 1. The molecule has 116 valence electrons. The molecule has 1 saturated heterocycles. The number of hydrogen-bond acceptors (Lipinski definition) is 5. The number of morpholine rings is 1. The summed E-state index contributed by atoms with van der Waals surface area (Å²) in [6.45, 7) is 5.79. The number of rotatable bonds is 2. The van der Waals surface area contributed by atoms with E-state index in [1.54, 1.807) is 10.7 Å². The largest absolute Gasteiger partial charge is 0.377 e. The highest BCUT2D eigenvalue weighted by Crippen LogP contribution is 2.44. The maximum atomic E-state index is 12.9. The Balaban J connectivity index is 1.69. The number of ether oxygens (including phenoxy) is 1. The summed E-state index contributed by atoms with van der Waals surface area (Å²) in [7, 11) is 0. The van der Waals surface area contributed by atoms with Crippen LogP contribution in [0.2, 0.25) is 0 Å². The van der Waals surface area contributed by atoms with Gasteiger partial charge in [-0.2, -0.15) is 4.98 Å². The van der Waals surface area contributed by atoms with Crippen molar-refractivity contribution in [3.8, 4) is 0 Å². The topological polar surface area (TPSA) is 72.6 Å². The van der Waals surface area contributed by atoms with Crippen LogP contribution in [-0.4, -0.2) is 55.7 Å². The van der Waals surface area contributed by atoms with Crippen LogP contribution in [0.3, 0.4) is 0 Å². The van der Waals surface area contributed by atoms with Gasteiger partial charge >= 0.3 is 0 Å². The first kappa shape index (κ1) is 13.6. The second-order valence-electron chi connectivity index (χ2n) is 6.45. The van der Waals surface area contributed by atoms with Crippen LogP contribution in [0.25, 0.3) is 5.78 Å². The number of hydrogen-bond donors (Lipinski definition) is 0. The standard InChI is InChI=1S/C15H19N5O2/c1-10-7-16-14-17-12(18-20(14)8-10)13(21)19-5-6-22-9-15(19,2)11-3-4-11/h7-8,11H,3-6,9H2,1-2H3. The lowest BCUT2D eigenvalue weighted by atomic mass is 9.93. The van der Waals surface area contributed by atoms with Crippen LogP contribution in [0.15, 0.2) is 12.4 Å². The lowest BCUT2D eigenvalue weighted by molar-refractivity contribution is -0.0552. The quantitative estimate of drug-likeness (QED) is 0.830. The summed E-state index contributed by atoms with van der Waals surface area (Å²) in [5.74, 6) is 1.07. The smallest absolute Gasteiger partial charge is 0.294 e. The summed E-state index contributed by atoms with van der Waals surface area (Å²) in [6, 6.07) is 0. The molecule has 2 aromatic rings. The maximum Gasteiger partial charge on any atom is 0.294 e. The number of carbonyl (C=O) groups is 1. The van der Waals surface area contributed by atoms with Gasteiger partial charge < -0.3 is 9.64 Å². The van der Waals surface area contributed by atoms with Crippen LogP contribution in [0.4, 0.5) is 0 Å². The Bertz CT molecular complexity index is 739. The molecule has 4 rings (SSSR count). The molecular weight excluding hydrogens is 282 g/mol. The van der Waals surface area contributed by atoms with Crippen molar-refractivity contribution >= 4 is 11.7 Å². The van der Waals surface area contributed by atoms with Gasteiger partial charge in [-0.3, -0.25) is 4.79 Å². The Hall–Kier alpha value is -2.02. The predicted molar refractivity (Wildman–Crippen MR) is 78.5 cm³/mol. The summed E-state index contributed by atoms with van der Waals surface area (Å²) >= 11 is 0. The lowest BCUT2D eigenvalue weighted by Crippen LogP contribution is -2.58. The van der Waals surface area contributed by atoms with Gasteiger partial charge in [-0.25, -0.2) is 9.50 Å². The molecule has 2 aromatic heterocycles. The third kappa shape index (κ3) is 2.08. The molecular formula is C15H19N5O2. The molecule has 0 spiro atoms. The number of fused-ring (bicyclic) bond motifs is 1. The minimum absolute atomic E-state index is 0.124. The van der Waals surface area contributed by atoms with E-state index in [1.165, 1.54) is 0 Å². The Morgan fingerprint density at radius 2 is 2.27 bits per heavy atom. The van der Waals surface area contributed by atoms with Crippen LogP contribution >= 0.6 is 0 Å². The highest BCUT2D eigenvalue weighted by atomic mass is 16.5. The fourth-order valence-corrected chi connectivity index (χ4v) is 3.23. The summed E-state index contributed by atoms with van der Waals surface area (Å²) in [5, 5.41) is 4.31. The van der Waals surface area contributed by atoms with Gasteiger partial charge in [-0.05, 0) is 38.2 Å². The fourth-order valence-electron chi connectivity index (χ4n) is 3.23. The summed E-state index contributed by atoms with van der Waals surface area (Å²) < 4.78 is 7.19. The average Bonchev–Trinajstić information content (AvgIpc) is 3.28. The molecule has 1 unspecified atom stereocenters. The molecule has 0 N–H and O–H groups in total.